The minimum absolute atomic E-state index is 0.160. The number of amides is 1. The summed E-state index contributed by atoms with van der Waals surface area (Å²) in [5.41, 5.74) is 6.24. The zero-order valence-electron chi connectivity index (χ0n) is 14.8. The highest BCUT2D eigenvalue weighted by Gasteiger charge is 2.36. The molecular formula is C18H19ClF3N5O. The van der Waals surface area contributed by atoms with Gasteiger partial charge in [-0.1, -0.05) is 6.07 Å². The quantitative estimate of drug-likeness (QED) is 0.752. The number of alkyl halides is 3. The van der Waals surface area contributed by atoms with Crippen LogP contribution >= 0.6 is 11.6 Å². The number of hydrogen-bond donors (Lipinski definition) is 2. The summed E-state index contributed by atoms with van der Waals surface area (Å²) in [5.74, 6) is -0.147. The van der Waals surface area contributed by atoms with Crippen LogP contribution in [0.25, 0.3) is 0 Å². The van der Waals surface area contributed by atoms with Crippen LogP contribution in [-0.2, 0) is 24.3 Å². The third kappa shape index (κ3) is 3.61. The van der Waals surface area contributed by atoms with Gasteiger partial charge in [0.2, 0.25) is 0 Å². The standard InChI is InChI=1S/C18H19ClF3N5O/c19-16-14(8-24-25-18(16)28)26-3-4-27-12(7-23-15(27)9-26)5-10-1-2-11(20)6-13(10)17(21)22/h1-2,6-7,14,16-17,24H,3-5,8-9H2,(H,25,28). The van der Waals surface area contributed by atoms with Crippen molar-refractivity contribution in [3.05, 3.63) is 52.9 Å². The first-order chi connectivity index (χ1) is 13.4. The fraction of sp³-hybridized carbons (Fsp3) is 0.444. The summed E-state index contributed by atoms with van der Waals surface area (Å²) < 4.78 is 41.8. The molecule has 1 aromatic heterocycles. The number of benzene rings is 1. The second kappa shape index (κ2) is 7.73. The summed E-state index contributed by atoms with van der Waals surface area (Å²) >= 11 is 6.24. The Hall–Kier alpha value is -2.10. The van der Waals surface area contributed by atoms with Crippen LogP contribution < -0.4 is 10.9 Å². The van der Waals surface area contributed by atoms with Crippen LogP contribution in [0.3, 0.4) is 0 Å². The molecule has 4 rings (SSSR count). The van der Waals surface area contributed by atoms with Gasteiger partial charge in [0.05, 0.1) is 6.54 Å². The van der Waals surface area contributed by atoms with Crippen LogP contribution in [-0.4, -0.2) is 44.9 Å². The van der Waals surface area contributed by atoms with Gasteiger partial charge in [-0.05, 0) is 17.7 Å². The van der Waals surface area contributed by atoms with Gasteiger partial charge < -0.3 is 4.57 Å². The maximum Gasteiger partial charge on any atom is 0.264 e. The Bertz CT molecular complexity index is 890. The number of hydrogen-bond acceptors (Lipinski definition) is 4. The topological polar surface area (TPSA) is 62.2 Å². The highest BCUT2D eigenvalue weighted by molar-refractivity contribution is 6.31. The molecule has 0 aliphatic carbocycles. The molecule has 28 heavy (non-hydrogen) atoms. The number of halogens is 4. The number of nitrogens with zero attached hydrogens (tertiary/aromatic N) is 3. The Balaban J connectivity index is 1.53. The fourth-order valence-electron chi connectivity index (χ4n) is 3.80. The van der Waals surface area contributed by atoms with E-state index in [1.165, 1.54) is 12.1 Å². The van der Waals surface area contributed by atoms with E-state index in [0.717, 1.165) is 17.6 Å². The number of imidazole rings is 1. The van der Waals surface area contributed by atoms with Gasteiger partial charge in [0.1, 0.15) is 17.0 Å². The molecule has 2 aliphatic heterocycles. The van der Waals surface area contributed by atoms with Crippen molar-refractivity contribution in [2.24, 2.45) is 0 Å². The van der Waals surface area contributed by atoms with E-state index in [1.807, 2.05) is 4.57 Å². The normalized spacial score (nSPS) is 23.0. The Kier molecular flexibility index (Phi) is 5.31. The lowest BCUT2D eigenvalue weighted by molar-refractivity contribution is -0.125. The SMILES string of the molecule is O=C1NNCC(N2CCn3c(Cc4ccc(F)cc4C(F)F)cnc3C2)C1Cl. The molecule has 1 aromatic carbocycles. The number of hydrazine groups is 1. The molecular weight excluding hydrogens is 395 g/mol. The van der Waals surface area contributed by atoms with Gasteiger partial charge in [-0.2, -0.15) is 0 Å². The third-order valence-corrected chi connectivity index (χ3v) is 5.76. The molecule has 150 valence electrons. The molecule has 2 aliphatic rings. The molecule has 2 aromatic rings. The number of aromatic nitrogens is 2. The molecule has 0 radical (unpaired) electrons. The zero-order valence-corrected chi connectivity index (χ0v) is 15.6. The van der Waals surface area contributed by atoms with Crippen LogP contribution in [0.2, 0.25) is 0 Å². The monoisotopic (exact) mass is 413 g/mol. The molecule has 1 fully saturated rings. The van der Waals surface area contributed by atoms with Crippen LogP contribution in [0, 0.1) is 5.82 Å². The lowest BCUT2D eigenvalue weighted by Gasteiger charge is -2.39. The molecule has 0 spiro atoms. The van der Waals surface area contributed by atoms with Gasteiger partial charge in [0, 0.05) is 49.6 Å². The van der Waals surface area contributed by atoms with Crippen molar-refractivity contribution >= 4 is 17.5 Å². The summed E-state index contributed by atoms with van der Waals surface area (Å²) in [6.45, 7) is 2.30. The Morgan fingerprint density at radius 2 is 2.14 bits per heavy atom. The molecule has 2 unspecified atom stereocenters. The summed E-state index contributed by atoms with van der Waals surface area (Å²) in [4.78, 5) is 18.3. The van der Waals surface area contributed by atoms with E-state index in [1.54, 1.807) is 6.20 Å². The smallest absolute Gasteiger partial charge is 0.264 e. The lowest BCUT2D eigenvalue weighted by atomic mass is 10.0. The van der Waals surface area contributed by atoms with E-state index in [-0.39, 0.29) is 23.9 Å². The van der Waals surface area contributed by atoms with E-state index in [0.29, 0.717) is 31.7 Å². The van der Waals surface area contributed by atoms with Gasteiger partial charge in [0.15, 0.2) is 0 Å². The van der Waals surface area contributed by atoms with Crippen LogP contribution in [0.15, 0.2) is 24.4 Å². The average Bonchev–Trinajstić information content (AvgIpc) is 3.07. The summed E-state index contributed by atoms with van der Waals surface area (Å²) in [6, 6.07) is 3.32. The molecule has 2 N–H and O–H groups in total. The van der Waals surface area contributed by atoms with Gasteiger partial charge in [0.25, 0.3) is 12.3 Å². The first-order valence-corrected chi connectivity index (χ1v) is 9.38. The first kappa shape index (κ1) is 19.2. The van der Waals surface area contributed by atoms with E-state index in [4.69, 9.17) is 11.6 Å². The number of nitrogens with one attached hydrogen (secondary N) is 2. The highest BCUT2D eigenvalue weighted by atomic mass is 35.5. The largest absolute Gasteiger partial charge is 0.329 e. The van der Waals surface area contributed by atoms with Gasteiger partial charge >= 0.3 is 0 Å². The number of carbonyl (C=O) groups is 1. The Morgan fingerprint density at radius 3 is 2.93 bits per heavy atom. The van der Waals surface area contributed by atoms with Crippen LogP contribution in [0.5, 0.6) is 0 Å². The maximum atomic E-state index is 13.3. The van der Waals surface area contributed by atoms with E-state index >= 15 is 0 Å². The second-order valence-electron chi connectivity index (χ2n) is 6.95. The predicted molar refractivity (Wildman–Crippen MR) is 96.4 cm³/mol. The van der Waals surface area contributed by atoms with Gasteiger partial charge in [-0.3, -0.25) is 15.1 Å². The molecule has 10 heteroatoms. The van der Waals surface area contributed by atoms with Crippen molar-refractivity contribution in [1.82, 2.24) is 25.3 Å². The molecule has 0 saturated carbocycles. The Labute approximate surface area is 164 Å². The van der Waals surface area contributed by atoms with Crippen molar-refractivity contribution in [3.8, 4) is 0 Å². The molecule has 1 amide bonds. The number of rotatable bonds is 4. The van der Waals surface area contributed by atoms with Gasteiger partial charge in [-0.25, -0.2) is 23.6 Å². The minimum atomic E-state index is -2.74. The third-order valence-electron chi connectivity index (χ3n) is 5.27. The summed E-state index contributed by atoms with van der Waals surface area (Å²) in [6.07, 6.45) is -0.824. The predicted octanol–water partition coefficient (Wildman–Crippen LogP) is 1.98. The highest BCUT2D eigenvalue weighted by Crippen LogP contribution is 2.27. The van der Waals surface area contributed by atoms with Crippen molar-refractivity contribution in [1.29, 1.82) is 0 Å². The fourth-order valence-corrected chi connectivity index (χ4v) is 4.10. The van der Waals surface area contributed by atoms with Crippen LogP contribution in [0.4, 0.5) is 13.2 Å². The minimum Gasteiger partial charge on any atom is -0.329 e. The molecule has 1 saturated heterocycles. The number of carbonyl (C=O) groups excluding carboxylic acids is 1. The maximum absolute atomic E-state index is 13.3. The second-order valence-corrected chi connectivity index (χ2v) is 7.42. The molecule has 6 nitrogen and oxygen atoms in total. The van der Waals surface area contributed by atoms with E-state index < -0.39 is 17.6 Å². The Morgan fingerprint density at radius 1 is 1.32 bits per heavy atom. The van der Waals surface area contributed by atoms with Crippen molar-refractivity contribution in [2.75, 3.05) is 13.1 Å². The molecule has 3 heterocycles. The lowest BCUT2D eigenvalue weighted by Crippen LogP contribution is -2.62. The van der Waals surface area contributed by atoms with Crippen molar-refractivity contribution < 1.29 is 18.0 Å². The molecule has 2 atom stereocenters. The van der Waals surface area contributed by atoms with E-state index in [9.17, 15) is 18.0 Å². The van der Waals surface area contributed by atoms with Crippen molar-refractivity contribution in [3.63, 3.8) is 0 Å². The van der Waals surface area contributed by atoms with Crippen LogP contribution in [0.1, 0.15) is 29.1 Å². The first-order valence-electron chi connectivity index (χ1n) is 8.94. The number of fused-ring (bicyclic) bond motifs is 1. The van der Waals surface area contributed by atoms with Crippen molar-refractivity contribution in [2.45, 2.75) is 37.4 Å². The summed E-state index contributed by atoms with van der Waals surface area (Å²) in [7, 11) is 0. The van der Waals surface area contributed by atoms with E-state index in [2.05, 4.69) is 20.7 Å². The average molecular weight is 414 g/mol. The molecule has 0 bridgehead atoms. The zero-order chi connectivity index (χ0) is 19.8. The summed E-state index contributed by atoms with van der Waals surface area (Å²) in [5, 5.41) is -0.657. The van der Waals surface area contributed by atoms with Gasteiger partial charge in [-0.15, -0.1) is 11.6 Å².